The number of nitrogens with one attached hydrogen (secondary N) is 1. The molecule has 2 heterocycles. The van der Waals surface area contributed by atoms with Gasteiger partial charge in [-0.15, -0.1) is 0 Å². The van der Waals surface area contributed by atoms with E-state index in [0.717, 1.165) is 5.56 Å². The molecule has 36 heavy (non-hydrogen) atoms. The minimum Gasteiger partial charge on any atom is -0.490 e. The molecule has 0 saturated carbocycles. The van der Waals surface area contributed by atoms with E-state index in [1.165, 1.54) is 0 Å². The second-order valence-electron chi connectivity index (χ2n) is 7.87. The van der Waals surface area contributed by atoms with Crippen molar-refractivity contribution < 1.29 is 23.4 Å². The lowest BCUT2D eigenvalue weighted by molar-refractivity contribution is -0.122. The fraction of sp³-hybridized carbons (Fsp3) is 0.259. The summed E-state index contributed by atoms with van der Waals surface area (Å²) in [6.45, 7) is 5.59. The third-order valence-corrected chi connectivity index (χ3v) is 6.00. The van der Waals surface area contributed by atoms with Crippen molar-refractivity contribution >= 4 is 40.9 Å². The maximum atomic E-state index is 13.0. The lowest BCUT2D eigenvalue weighted by Gasteiger charge is -2.15. The van der Waals surface area contributed by atoms with E-state index in [4.69, 9.17) is 42.4 Å². The zero-order valence-electron chi connectivity index (χ0n) is 20.1. The Labute approximate surface area is 220 Å². The number of benzene rings is 2. The first kappa shape index (κ1) is 25.6. The highest BCUT2D eigenvalue weighted by atomic mass is 35.5. The molecule has 1 amide bonds. The molecule has 0 aliphatic carbocycles. The van der Waals surface area contributed by atoms with Gasteiger partial charge in [-0.25, -0.2) is 0 Å². The van der Waals surface area contributed by atoms with Crippen molar-refractivity contribution in [1.29, 1.82) is 0 Å². The first-order chi connectivity index (χ1) is 17.5. The highest BCUT2D eigenvalue weighted by molar-refractivity contribution is 7.80. The van der Waals surface area contributed by atoms with Crippen LogP contribution in [-0.4, -0.2) is 35.7 Å². The van der Waals surface area contributed by atoms with E-state index in [2.05, 4.69) is 5.32 Å². The van der Waals surface area contributed by atoms with Gasteiger partial charge in [0.15, 0.2) is 16.6 Å². The fourth-order valence-electron chi connectivity index (χ4n) is 3.67. The molecule has 0 bridgehead atoms. The number of hydrogen-bond acceptors (Lipinski definition) is 6. The number of rotatable bonds is 11. The van der Waals surface area contributed by atoms with Crippen molar-refractivity contribution in [3.05, 3.63) is 82.4 Å². The van der Waals surface area contributed by atoms with Crippen LogP contribution >= 0.6 is 23.8 Å². The summed E-state index contributed by atoms with van der Waals surface area (Å²) in [7, 11) is 0. The summed E-state index contributed by atoms with van der Waals surface area (Å²) in [6.07, 6.45) is 2.25. The normalized spacial score (nSPS) is 14.3. The standard InChI is InChI=1S/C27H27ClN2O5S/c1-3-32-24-12-9-18(15-25(24)33-4-2)13-14-30-26(31)22(29-27(30)36)16-19-10-11-20(35-19)17-34-23-8-6-5-7-21(23)28/h5-12,15-16H,3-4,13-14,17H2,1-2H3,(H,29,36)/b22-16+. The number of hydrogen-bond donors (Lipinski definition) is 1. The maximum absolute atomic E-state index is 13.0. The number of nitrogens with zero attached hydrogens (tertiary/aromatic N) is 1. The minimum absolute atomic E-state index is 0.207. The average Bonchev–Trinajstić information content (AvgIpc) is 3.42. The molecule has 1 aliphatic heterocycles. The Morgan fingerprint density at radius 3 is 2.56 bits per heavy atom. The highest BCUT2D eigenvalue weighted by Crippen LogP contribution is 2.29. The van der Waals surface area contributed by atoms with Crippen molar-refractivity contribution in [3.63, 3.8) is 0 Å². The van der Waals surface area contributed by atoms with Crippen LogP contribution in [0.1, 0.15) is 30.9 Å². The van der Waals surface area contributed by atoms with Crippen LogP contribution in [0.4, 0.5) is 0 Å². The molecule has 9 heteroatoms. The SMILES string of the molecule is CCOc1ccc(CCN2C(=O)/C(=C\c3ccc(COc4ccccc4Cl)o3)NC2=S)cc1OCC. The van der Waals surface area contributed by atoms with Crippen molar-refractivity contribution in [1.82, 2.24) is 10.2 Å². The molecule has 188 valence electrons. The van der Waals surface area contributed by atoms with Gasteiger partial charge in [0.1, 0.15) is 29.6 Å². The van der Waals surface area contributed by atoms with Crippen molar-refractivity contribution in [2.75, 3.05) is 19.8 Å². The Kier molecular flexibility index (Phi) is 8.51. The molecule has 1 fully saturated rings. The van der Waals surface area contributed by atoms with E-state index in [0.29, 0.717) is 70.8 Å². The zero-order chi connectivity index (χ0) is 25.5. The first-order valence-corrected chi connectivity index (χ1v) is 12.5. The molecular weight excluding hydrogens is 500 g/mol. The number of ether oxygens (including phenoxy) is 3. The second-order valence-corrected chi connectivity index (χ2v) is 8.66. The van der Waals surface area contributed by atoms with Gasteiger partial charge in [0.2, 0.25) is 0 Å². The Bertz CT molecular complexity index is 1270. The highest BCUT2D eigenvalue weighted by Gasteiger charge is 2.30. The van der Waals surface area contributed by atoms with E-state index in [1.54, 1.807) is 35.2 Å². The van der Waals surface area contributed by atoms with Gasteiger partial charge in [-0.3, -0.25) is 9.69 Å². The van der Waals surface area contributed by atoms with Crippen LogP contribution in [0.25, 0.3) is 6.08 Å². The van der Waals surface area contributed by atoms with Crippen LogP contribution in [-0.2, 0) is 17.8 Å². The quantitative estimate of drug-likeness (QED) is 0.257. The summed E-state index contributed by atoms with van der Waals surface area (Å²) in [5, 5.41) is 3.87. The molecule has 0 radical (unpaired) electrons. The van der Waals surface area contributed by atoms with Gasteiger partial charge in [0.25, 0.3) is 5.91 Å². The maximum Gasteiger partial charge on any atom is 0.276 e. The summed E-state index contributed by atoms with van der Waals surface area (Å²) in [6, 6.07) is 16.6. The molecule has 0 unspecified atom stereocenters. The number of thiocarbonyl (C=S) groups is 1. The van der Waals surface area contributed by atoms with Crippen LogP contribution in [0.15, 0.2) is 64.7 Å². The summed E-state index contributed by atoms with van der Waals surface area (Å²) >= 11 is 11.5. The van der Waals surface area contributed by atoms with E-state index in [-0.39, 0.29) is 12.5 Å². The monoisotopic (exact) mass is 526 g/mol. The largest absolute Gasteiger partial charge is 0.490 e. The molecule has 7 nitrogen and oxygen atoms in total. The van der Waals surface area contributed by atoms with Crippen LogP contribution < -0.4 is 19.5 Å². The molecule has 1 aromatic heterocycles. The number of carbonyl (C=O) groups is 1. The topological polar surface area (TPSA) is 73.2 Å². The van der Waals surface area contributed by atoms with Gasteiger partial charge in [0.05, 0.1) is 18.2 Å². The Morgan fingerprint density at radius 2 is 1.78 bits per heavy atom. The van der Waals surface area contributed by atoms with Gasteiger partial charge < -0.3 is 23.9 Å². The van der Waals surface area contributed by atoms with Crippen molar-refractivity contribution in [3.8, 4) is 17.2 Å². The molecule has 2 aromatic carbocycles. The number of carbonyl (C=O) groups excluding carboxylic acids is 1. The third kappa shape index (κ3) is 6.19. The van der Waals surface area contributed by atoms with Crippen molar-refractivity contribution in [2.24, 2.45) is 0 Å². The van der Waals surface area contributed by atoms with E-state index < -0.39 is 0 Å². The van der Waals surface area contributed by atoms with E-state index in [1.807, 2.05) is 44.2 Å². The van der Waals surface area contributed by atoms with Gasteiger partial charge in [0, 0.05) is 12.6 Å². The molecular formula is C27H27ClN2O5S. The molecule has 0 atom stereocenters. The van der Waals surface area contributed by atoms with E-state index >= 15 is 0 Å². The summed E-state index contributed by atoms with van der Waals surface area (Å²) in [4.78, 5) is 14.5. The number of halogens is 1. The van der Waals surface area contributed by atoms with Gasteiger partial charge >= 0.3 is 0 Å². The number of para-hydroxylation sites is 1. The molecule has 0 spiro atoms. The predicted molar refractivity (Wildman–Crippen MR) is 142 cm³/mol. The molecule has 4 rings (SSSR count). The molecule has 1 saturated heterocycles. The molecule has 3 aromatic rings. The van der Waals surface area contributed by atoms with Gasteiger partial charge in [-0.05, 0) is 74.4 Å². The Balaban J connectivity index is 1.37. The summed E-state index contributed by atoms with van der Waals surface area (Å²) in [5.41, 5.74) is 1.37. The molecule has 1 aliphatic rings. The van der Waals surface area contributed by atoms with Gasteiger partial charge in [-0.2, -0.15) is 0 Å². The van der Waals surface area contributed by atoms with Crippen LogP contribution in [0.3, 0.4) is 0 Å². The Morgan fingerprint density at radius 1 is 1.00 bits per heavy atom. The van der Waals surface area contributed by atoms with Crippen LogP contribution in [0, 0.1) is 0 Å². The average molecular weight is 527 g/mol. The lowest BCUT2D eigenvalue weighted by Crippen LogP contribution is -2.32. The van der Waals surface area contributed by atoms with E-state index in [9.17, 15) is 4.79 Å². The second kappa shape index (κ2) is 12.0. The van der Waals surface area contributed by atoms with Gasteiger partial charge in [-0.1, -0.05) is 29.8 Å². The summed E-state index contributed by atoms with van der Waals surface area (Å²) < 4.78 is 22.8. The van der Waals surface area contributed by atoms with Crippen molar-refractivity contribution in [2.45, 2.75) is 26.9 Å². The summed E-state index contributed by atoms with van der Waals surface area (Å²) in [5.74, 6) is 2.88. The zero-order valence-corrected chi connectivity index (χ0v) is 21.7. The predicted octanol–water partition coefficient (Wildman–Crippen LogP) is 5.61. The number of furan rings is 1. The third-order valence-electron chi connectivity index (χ3n) is 5.37. The minimum atomic E-state index is -0.207. The Hall–Kier alpha value is -3.49. The molecule has 1 N–H and O–H groups in total. The smallest absolute Gasteiger partial charge is 0.276 e. The fourth-order valence-corrected chi connectivity index (χ4v) is 4.14. The van der Waals surface area contributed by atoms with Crippen LogP contribution in [0.2, 0.25) is 5.02 Å². The number of amides is 1. The lowest BCUT2D eigenvalue weighted by atomic mass is 10.1. The van der Waals surface area contributed by atoms with Crippen LogP contribution in [0.5, 0.6) is 17.2 Å². The first-order valence-electron chi connectivity index (χ1n) is 11.7.